The predicted molar refractivity (Wildman–Crippen MR) is 42.2 cm³/mol. The average Bonchev–Trinajstić information content (AvgIpc) is 1.86. The summed E-state index contributed by atoms with van der Waals surface area (Å²) in [7, 11) is 1.73. The number of rotatable bonds is 4. The molecule has 64 valence electrons. The molecule has 0 spiro atoms. The standard InChI is InChI=1S/C7H14N2O2/c1-5(10)7(4-8-3)9-6(2)11/h7-8H,4H2,1-3H3,(H,9,11)/t7-/m0/s1. The SMILES string of the molecule is CNC[C@H](NC(C)=O)C(C)=O. The van der Waals surface area contributed by atoms with Crippen molar-refractivity contribution < 1.29 is 9.59 Å². The maximum atomic E-state index is 10.8. The van der Waals surface area contributed by atoms with Crippen molar-refractivity contribution in [3.8, 4) is 0 Å². The Hall–Kier alpha value is -0.900. The molecule has 4 nitrogen and oxygen atoms in total. The largest absolute Gasteiger partial charge is 0.345 e. The molecule has 1 amide bonds. The topological polar surface area (TPSA) is 58.2 Å². The number of Topliss-reactive ketones (excluding diaryl/α,β-unsaturated/α-hetero) is 1. The van der Waals surface area contributed by atoms with Gasteiger partial charge in [-0.3, -0.25) is 9.59 Å². The Balaban J connectivity index is 3.89. The molecular formula is C7H14N2O2. The third kappa shape index (κ3) is 4.50. The van der Waals surface area contributed by atoms with Gasteiger partial charge >= 0.3 is 0 Å². The summed E-state index contributed by atoms with van der Waals surface area (Å²) < 4.78 is 0. The van der Waals surface area contributed by atoms with Crippen LogP contribution in [0.3, 0.4) is 0 Å². The minimum Gasteiger partial charge on any atom is -0.345 e. The monoisotopic (exact) mass is 158 g/mol. The summed E-state index contributed by atoms with van der Waals surface area (Å²) in [6, 6.07) is -0.391. The maximum Gasteiger partial charge on any atom is 0.217 e. The van der Waals surface area contributed by atoms with Crippen LogP contribution in [0, 0.1) is 0 Å². The highest BCUT2D eigenvalue weighted by Gasteiger charge is 2.12. The summed E-state index contributed by atoms with van der Waals surface area (Å²) in [4.78, 5) is 21.4. The van der Waals surface area contributed by atoms with Crippen molar-refractivity contribution in [2.45, 2.75) is 19.9 Å². The molecule has 11 heavy (non-hydrogen) atoms. The third-order valence-electron chi connectivity index (χ3n) is 1.28. The summed E-state index contributed by atoms with van der Waals surface area (Å²) in [5.74, 6) is -0.213. The first-order chi connectivity index (χ1) is 5.07. The highest BCUT2D eigenvalue weighted by atomic mass is 16.2. The summed E-state index contributed by atoms with van der Waals surface area (Å²) in [6.07, 6.45) is 0. The molecule has 0 aromatic heterocycles. The van der Waals surface area contributed by atoms with Crippen LogP contribution in [0.2, 0.25) is 0 Å². The van der Waals surface area contributed by atoms with Crippen LogP contribution in [-0.2, 0) is 9.59 Å². The van der Waals surface area contributed by atoms with Crippen LogP contribution in [0.1, 0.15) is 13.8 Å². The third-order valence-corrected chi connectivity index (χ3v) is 1.28. The van der Waals surface area contributed by atoms with Gasteiger partial charge < -0.3 is 10.6 Å². The van der Waals surface area contributed by atoms with Gasteiger partial charge in [0.15, 0.2) is 5.78 Å². The Morgan fingerprint density at radius 1 is 1.36 bits per heavy atom. The Morgan fingerprint density at radius 2 is 1.91 bits per heavy atom. The van der Waals surface area contributed by atoms with Crippen molar-refractivity contribution in [2.24, 2.45) is 0 Å². The molecule has 0 fully saturated rings. The molecule has 0 aliphatic heterocycles. The van der Waals surface area contributed by atoms with Crippen LogP contribution in [0.5, 0.6) is 0 Å². The number of nitrogens with one attached hydrogen (secondary N) is 2. The Labute approximate surface area is 66.4 Å². The zero-order chi connectivity index (χ0) is 8.85. The van der Waals surface area contributed by atoms with Gasteiger partial charge in [0.05, 0.1) is 6.04 Å². The molecule has 0 aromatic carbocycles. The van der Waals surface area contributed by atoms with E-state index in [9.17, 15) is 9.59 Å². The van der Waals surface area contributed by atoms with Crippen molar-refractivity contribution in [3.63, 3.8) is 0 Å². The van der Waals surface area contributed by atoms with Crippen molar-refractivity contribution in [1.82, 2.24) is 10.6 Å². The fraction of sp³-hybridized carbons (Fsp3) is 0.714. The Kier molecular flexibility index (Phi) is 4.45. The number of amides is 1. The fourth-order valence-electron chi connectivity index (χ4n) is 0.746. The second-order valence-corrected chi connectivity index (χ2v) is 2.42. The van der Waals surface area contributed by atoms with E-state index in [4.69, 9.17) is 0 Å². The van der Waals surface area contributed by atoms with E-state index in [1.807, 2.05) is 0 Å². The minimum atomic E-state index is -0.391. The summed E-state index contributed by atoms with van der Waals surface area (Å²) in [6.45, 7) is 3.33. The van der Waals surface area contributed by atoms with Gasteiger partial charge in [-0.15, -0.1) is 0 Å². The molecule has 0 aliphatic carbocycles. The molecule has 0 rings (SSSR count). The average molecular weight is 158 g/mol. The van der Waals surface area contributed by atoms with E-state index in [-0.39, 0.29) is 11.7 Å². The number of hydrogen-bond acceptors (Lipinski definition) is 3. The zero-order valence-corrected chi connectivity index (χ0v) is 7.10. The van der Waals surface area contributed by atoms with Crippen LogP contribution >= 0.6 is 0 Å². The number of likely N-dealkylation sites (N-methyl/N-ethyl adjacent to an activating group) is 1. The molecule has 0 aromatic rings. The van der Waals surface area contributed by atoms with Gasteiger partial charge in [0, 0.05) is 13.5 Å². The molecule has 0 aliphatic rings. The van der Waals surface area contributed by atoms with Gasteiger partial charge in [-0.25, -0.2) is 0 Å². The molecule has 0 bridgehead atoms. The molecule has 0 unspecified atom stereocenters. The van der Waals surface area contributed by atoms with E-state index in [1.54, 1.807) is 7.05 Å². The number of carbonyl (C=O) groups excluding carboxylic acids is 2. The highest BCUT2D eigenvalue weighted by molar-refractivity contribution is 5.86. The lowest BCUT2D eigenvalue weighted by atomic mass is 10.2. The number of hydrogen-bond donors (Lipinski definition) is 2. The Bertz CT molecular complexity index is 157. The summed E-state index contributed by atoms with van der Waals surface area (Å²) in [5, 5.41) is 5.35. The molecule has 2 N–H and O–H groups in total. The smallest absolute Gasteiger partial charge is 0.217 e. The quantitative estimate of drug-likeness (QED) is 0.568. The van der Waals surface area contributed by atoms with Crippen molar-refractivity contribution in [3.05, 3.63) is 0 Å². The minimum absolute atomic E-state index is 0.0328. The number of carbonyl (C=O) groups is 2. The van der Waals surface area contributed by atoms with Crippen LogP contribution in [0.4, 0.5) is 0 Å². The number of ketones is 1. The van der Waals surface area contributed by atoms with E-state index < -0.39 is 6.04 Å². The second kappa shape index (κ2) is 4.85. The molecule has 0 saturated heterocycles. The normalized spacial score (nSPS) is 12.3. The van der Waals surface area contributed by atoms with Gasteiger partial charge in [0.2, 0.25) is 5.91 Å². The summed E-state index contributed by atoms with van der Waals surface area (Å²) >= 11 is 0. The van der Waals surface area contributed by atoms with Gasteiger partial charge in [-0.05, 0) is 14.0 Å². The van der Waals surface area contributed by atoms with E-state index >= 15 is 0 Å². The molecule has 0 saturated carbocycles. The van der Waals surface area contributed by atoms with Gasteiger partial charge in [-0.1, -0.05) is 0 Å². The van der Waals surface area contributed by atoms with E-state index in [0.29, 0.717) is 6.54 Å². The van der Waals surface area contributed by atoms with Crippen LogP contribution < -0.4 is 10.6 Å². The zero-order valence-electron chi connectivity index (χ0n) is 7.10. The first-order valence-corrected chi connectivity index (χ1v) is 3.50. The predicted octanol–water partition coefficient (Wildman–Crippen LogP) is -0.701. The van der Waals surface area contributed by atoms with Crippen molar-refractivity contribution in [1.29, 1.82) is 0 Å². The van der Waals surface area contributed by atoms with E-state index in [0.717, 1.165) is 0 Å². The van der Waals surface area contributed by atoms with Crippen molar-refractivity contribution in [2.75, 3.05) is 13.6 Å². The lowest BCUT2D eigenvalue weighted by Crippen LogP contribution is -2.44. The first-order valence-electron chi connectivity index (χ1n) is 3.50. The van der Waals surface area contributed by atoms with Gasteiger partial charge in [0.25, 0.3) is 0 Å². The molecule has 0 radical (unpaired) electrons. The van der Waals surface area contributed by atoms with Gasteiger partial charge in [-0.2, -0.15) is 0 Å². The fourth-order valence-corrected chi connectivity index (χ4v) is 0.746. The van der Waals surface area contributed by atoms with Crippen LogP contribution in [0.25, 0.3) is 0 Å². The lowest BCUT2D eigenvalue weighted by Gasteiger charge is -2.13. The van der Waals surface area contributed by atoms with Gasteiger partial charge in [0.1, 0.15) is 0 Å². The maximum absolute atomic E-state index is 10.8. The van der Waals surface area contributed by atoms with Crippen LogP contribution in [-0.4, -0.2) is 31.3 Å². The lowest BCUT2D eigenvalue weighted by molar-refractivity contribution is -0.125. The molecule has 0 heterocycles. The Morgan fingerprint density at radius 3 is 2.18 bits per heavy atom. The highest BCUT2D eigenvalue weighted by Crippen LogP contribution is 1.83. The van der Waals surface area contributed by atoms with E-state index in [1.165, 1.54) is 13.8 Å². The molecular weight excluding hydrogens is 144 g/mol. The molecule has 1 atom stereocenters. The van der Waals surface area contributed by atoms with E-state index in [2.05, 4.69) is 10.6 Å². The molecule has 4 heteroatoms. The van der Waals surface area contributed by atoms with Crippen molar-refractivity contribution >= 4 is 11.7 Å². The second-order valence-electron chi connectivity index (χ2n) is 2.42. The summed E-state index contributed by atoms with van der Waals surface area (Å²) in [5.41, 5.74) is 0. The first kappa shape index (κ1) is 10.1. The van der Waals surface area contributed by atoms with Crippen LogP contribution in [0.15, 0.2) is 0 Å².